The second kappa shape index (κ2) is 9.72. The lowest BCUT2D eigenvalue weighted by Gasteiger charge is -2.36. The van der Waals surface area contributed by atoms with Crippen molar-refractivity contribution in [2.75, 3.05) is 20.3 Å². The molecule has 0 saturated heterocycles. The van der Waals surface area contributed by atoms with Gasteiger partial charge in [0.1, 0.15) is 6.61 Å². The zero-order chi connectivity index (χ0) is 22.7. The number of benzene rings is 2. The molecule has 1 heterocycles. The molecule has 1 aliphatic heterocycles. The zero-order valence-corrected chi connectivity index (χ0v) is 18.9. The SMILES string of the molecule is COCCOC(=O)C1=C(C)NC2=C(C(=O)C[C@@H](c3ccccc3)C2)[C@@H]1c1ccc(Cl)cc1. The molecule has 32 heavy (non-hydrogen) atoms. The number of esters is 1. The first kappa shape index (κ1) is 22.3. The van der Waals surface area contributed by atoms with Crippen molar-refractivity contribution in [3.63, 3.8) is 0 Å². The number of ether oxygens (including phenoxy) is 2. The van der Waals surface area contributed by atoms with E-state index in [4.69, 9.17) is 21.1 Å². The minimum atomic E-state index is -0.497. The van der Waals surface area contributed by atoms with Crippen molar-refractivity contribution in [1.29, 1.82) is 0 Å². The van der Waals surface area contributed by atoms with Gasteiger partial charge in [-0.25, -0.2) is 4.79 Å². The van der Waals surface area contributed by atoms with Crippen molar-refractivity contribution in [3.05, 3.63) is 93.3 Å². The third kappa shape index (κ3) is 4.50. The van der Waals surface area contributed by atoms with Crippen LogP contribution in [0.25, 0.3) is 0 Å². The Bertz CT molecular complexity index is 1070. The molecule has 0 bridgehead atoms. The Hall–Kier alpha value is -2.89. The number of dihydropyridines is 1. The quantitative estimate of drug-likeness (QED) is 0.500. The molecule has 2 aromatic carbocycles. The van der Waals surface area contributed by atoms with E-state index in [1.165, 1.54) is 0 Å². The topological polar surface area (TPSA) is 64.6 Å². The van der Waals surface area contributed by atoms with Gasteiger partial charge in [-0.05, 0) is 42.5 Å². The highest BCUT2D eigenvalue weighted by molar-refractivity contribution is 6.30. The first-order valence-electron chi connectivity index (χ1n) is 10.7. The van der Waals surface area contributed by atoms with E-state index in [0.717, 1.165) is 16.8 Å². The Morgan fingerprint density at radius 3 is 2.44 bits per heavy atom. The highest BCUT2D eigenvalue weighted by Crippen LogP contribution is 2.45. The number of rotatable bonds is 6. The summed E-state index contributed by atoms with van der Waals surface area (Å²) < 4.78 is 10.5. The summed E-state index contributed by atoms with van der Waals surface area (Å²) in [6, 6.07) is 17.4. The van der Waals surface area contributed by atoms with E-state index in [9.17, 15) is 9.59 Å². The number of carbonyl (C=O) groups is 2. The molecule has 1 aliphatic carbocycles. The van der Waals surface area contributed by atoms with E-state index in [1.807, 2.05) is 37.3 Å². The number of allylic oxidation sites excluding steroid dienone is 3. The monoisotopic (exact) mass is 451 g/mol. The van der Waals surface area contributed by atoms with E-state index < -0.39 is 11.9 Å². The van der Waals surface area contributed by atoms with Gasteiger partial charge < -0.3 is 14.8 Å². The summed E-state index contributed by atoms with van der Waals surface area (Å²) in [6.07, 6.45) is 1.11. The molecule has 166 valence electrons. The van der Waals surface area contributed by atoms with Crippen LogP contribution in [0.15, 0.2) is 77.1 Å². The molecule has 1 N–H and O–H groups in total. The van der Waals surface area contributed by atoms with Gasteiger partial charge in [-0.15, -0.1) is 0 Å². The van der Waals surface area contributed by atoms with Crippen LogP contribution in [0.4, 0.5) is 0 Å². The lowest BCUT2D eigenvalue weighted by Crippen LogP contribution is -2.36. The van der Waals surface area contributed by atoms with Crippen LogP contribution in [0, 0.1) is 0 Å². The van der Waals surface area contributed by atoms with Crippen LogP contribution >= 0.6 is 11.6 Å². The highest BCUT2D eigenvalue weighted by atomic mass is 35.5. The van der Waals surface area contributed by atoms with Gasteiger partial charge in [-0.3, -0.25) is 4.79 Å². The second-order valence-electron chi connectivity index (χ2n) is 8.11. The third-order valence-corrected chi connectivity index (χ3v) is 6.29. The van der Waals surface area contributed by atoms with Gasteiger partial charge in [-0.1, -0.05) is 54.1 Å². The van der Waals surface area contributed by atoms with Gasteiger partial charge in [-0.2, -0.15) is 0 Å². The van der Waals surface area contributed by atoms with E-state index in [1.54, 1.807) is 19.2 Å². The smallest absolute Gasteiger partial charge is 0.336 e. The highest BCUT2D eigenvalue weighted by Gasteiger charge is 2.41. The largest absolute Gasteiger partial charge is 0.460 e. The summed E-state index contributed by atoms with van der Waals surface area (Å²) in [7, 11) is 1.55. The minimum absolute atomic E-state index is 0.0437. The van der Waals surface area contributed by atoms with E-state index in [2.05, 4.69) is 17.4 Å². The lowest BCUT2D eigenvalue weighted by molar-refractivity contribution is -0.140. The summed E-state index contributed by atoms with van der Waals surface area (Å²) in [6.45, 7) is 2.31. The molecule has 2 aliphatic rings. The number of nitrogens with one attached hydrogen (secondary N) is 1. The maximum absolute atomic E-state index is 13.5. The molecule has 0 aromatic heterocycles. The molecule has 0 fully saturated rings. The molecule has 5 nitrogen and oxygen atoms in total. The number of halogens is 1. The van der Waals surface area contributed by atoms with Crippen molar-refractivity contribution in [2.45, 2.75) is 31.6 Å². The summed E-state index contributed by atoms with van der Waals surface area (Å²) in [5, 5.41) is 3.96. The molecule has 0 spiro atoms. The normalized spacial score (nSPS) is 20.7. The third-order valence-electron chi connectivity index (χ3n) is 6.04. The molecular formula is C26H26ClNO4. The zero-order valence-electron chi connectivity index (χ0n) is 18.2. The maximum atomic E-state index is 13.5. The fourth-order valence-corrected chi connectivity index (χ4v) is 4.68. The Labute approximate surface area is 193 Å². The van der Waals surface area contributed by atoms with Crippen LogP contribution < -0.4 is 5.32 Å². The molecule has 2 atom stereocenters. The van der Waals surface area contributed by atoms with Crippen molar-refractivity contribution < 1.29 is 19.1 Å². The standard InChI is InChI=1S/C26H26ClNO4/c1-16-23(26(30)32-13-12-31-2)24(18-8-10-20(27)11-9-18)25-21(28-16)14-19(15-22(25)29)17-6-4-3-5-7-17/h3-11,19,24,28H,12-15H2,1-2H3/t19-,24+/m0/s1. The van der Waals surface area contributed by atoms with E-state index >= 15 is 0 Å². The molecule has 0 saturated carbocycles. The molecule has 4 rings (SSSR count). The number of Topliss-reactive ketones (excluding diaryl/α,β-unsaturated/α-hetero) is 1. The van der Waals surface area contributed by atoms with Crippen molar-refractivity contribution in [1.82, 2.24) is 5.32 Å². The van der Waals surface area contributed by atoms with Crippen LogP contribution in [0.2, 0.25) is 5.02 Å². The van der Waals surface area contributed by atoms with E-state index in [-0.39, 0.29) is 18.3 Å². The van der Waals surface area contributed by atoms with Gasteiger partial charge in [0.05, 0.1) is 12.2 Å². The van der Waals surface area contributed by atoms with Crippen molar-refractivity contribution >= 4 is 23.4 Å². The summed E-state index contributed by atoms with van der Waals surface area (Å²) >= 11 is 6.11. The van der Waals surface area contributed by atoms with Crippen LogP contribution in [0.3, 0.4) is 0 Å². The minimum Gasteiger partial charge on any atom is -0.460 e. The molecule has 0 radical (unpaired) electrons. The van der Waals surface area contributed by atoms with Gasteiger partial charge >= 0.3 is 5.97 Å². The number of hydrogen-bond donors (Lipinski definition) is 1. The number of methoxy groups -OCH3 is 1. The molecular weight excluding hydrogens is 426 g/mol. The van der Waals surface area contributed by atoms with Crippen LogP contribution in [-0.4, -0.2) is 32.1 Å². The Morgan fingerprint density at radius 2 is 1.75 bits per heavy atom. The van der Waals surface area contributed by atoms with Gasteiger partial charge in [0, 0.05) is 41.4 Å². The molecule has 6 heteroatoms. The Kier molecular flexibility index (Phi) is 6.77. The fourth-order valence-electron chi connectivity index (χ4n) is 4.55. The maximum Gasteiger partial charge on any atom is 0.336 e. The second-order valence-corrected chi connectivity index (χ2v) is 8.54. The summed E-state index contributed by atoms with van der Waals surface area (Å²) in [4.78, 5) is 26.5. The number of ketones is 1. The Balaban J connectivity index is 1.74. The fraction of sp³-hybridized carbons (Fsp3) is 0.308. The van der Waals surface area contributed by atoms with Gasteiger partial charge in [0.2, 0.25) is 0 Å². The van der Waals surface area contributed by atoms with Crippen LogP contribution in [-0.2, 0) is 19.1 Å². The van der Waals surface area contributed by atoms with Crippen LogP contribution in [0.1, 0.15) is 42.7 Å². The predicted molar refractivity (Wildman–Crippen MR) is 123 cm³/mol. The van der Waals surface area contributed by atoms with Crippen molar-refractivity contribution in [2.24, 2.45) is 0 Å². The van der Waals surface area contributed by atoms with Gasteiger partial charge in [0.25, 0.3) is 0 Å². The lowest BCUT2D eigenvalue weighted by atomic mass is 9.72. The predicted octanol–water partition coefficient (Wildman–Crippen LogP) is 4.89. The average Bonchev–Trinajstić information content (AvgIpc) is 2.79. The van der Waals surface area contributed by atoms with E-state index in [0.29, 0.717) is 41.3 Å². The van der Waals surface area contributed by atoms with Gasteiger partial charge in [0.15, 0.2) is 5.78 Å². The average molecular weight is 452 g/mol. The molecule has 0 amide bonds. The van der Waals surface area contributed by atoms with Crippen LogP contribution in [0.5, 0.6) is 0 Å². The Morgan fingerprint density at radius 1 is 1.03 bits per heavy atom. The summed E-state index contributed by atoms with van der Waals surface area (Å²) in [5.74, 6) is -0.801. The molecule has 0 unspecified atom stereocenters. The summed E-state index contributed by atoms with van der Waals surface area (Å²) in [5.41, 5.74) is 4.66. The van der Waals surface area contributed by atoms with Crippen molar-refractivity contribution in [3.8, 4) is 0 Å². The first-order chi connectivity index (χ1) is 15.5. The number of hydrogen-bond acceptors (Lipinski definition) is 5. The first-order valence-corrected chi connectivity index (χ1v) is 11.1. The molecule has 2 aromatic rings. The number of carbonyl (C=O) groups excluding carboxylic acids is 2.